The van der Waals surface area contributed by atoms with Crippen molar-refractivity contribution >= 4 is 5.97 Å². The Bertz CT molecular complexity index is 569. The largest absolute Gasteiger partial charge is 0.506 e. The molecule has 0 aliphatic rings. The Kier molecular flexibility index (Phi) is 4.71. The smallest absolute Gasteiger partial charge is 0.306 e. The molecule has 0 spiro atoms. The molecule has 1 aromatic heterocycles. The van der Waals surface area contributed by atoms with Crippen LogP contribution in [0.5, 0.6) is 5.75 Å². The Hall–Kier alpha value is -2.36. The zero-order valence-electron chi connectivity index (χ0n) is 11.3. The lowest BCUT2D eigenvalue weighted by Gasteiger charge is -2.12. The quantitative estimate of drug-likeness (QED) is 0.849. The number of esters is 1. The number of carbonyl (C=O) groups is 1. The summed E-state index contributed by atoms with van der Waals surface area (Å²) >= 11 is 0. The second-order valence-corrected chi connectivity index (χ2v) is 4.66. The Morgan fingerprint density at radius 3 is 2.70 bits per heavy atom. The van der Waals surface area contributed by atoms with Gasteiger partial charge in [0.2, 0.25) is 0 Å². The van der Waals surface area contributed by atoms with Crippen LogP contribution in [0.4, 0.5) is 0 Å². The Morgan fingerprint density at radius 2 is 2.00 bits per heavy atom. The first kappa shape index (κ1) is 14.1. The minimum absolute atomic E-state index is 0.107. The normalized spacial score (nSPS) is 11.8. The molecule has 1 heterocycles. The molecule has 0 saturated heterocycles. The highest BCUT2D eigenvalue weighted by Gasteiger charge is 2.16. The van der Waals surface area contributed by atoms with Crippen molar-refractivity contribution in [1.82, 2.24) is 4.98 Å². The summed E-state index contributed by atoms with van der Waals surface area (Å²) in [7, 11) is 0. The van der Waals surface area contributed by atoms with E-state index < -0.39 is 0 Å². The zero-order valence-corrected chi connectivity index (χ0v) is 11.3. The van der Waals surface area contributed by atoms with Gasteiger partial charge in [-0.25, -0.2) is 0 Å². The minimum Gasteiger partial charge on any atom is -0.506 e. The van der Waals surface area contributed by atoms with Crippen molar-refractivity contribution in [2.45, 2.75) is 25.9 Å². The number of hydrogen-bond donors (Lipinski definition) is 1. The van der Waals surface area contributed by atoms with Crippen molar-refractivity contribution in [2.24, 2.45) is 0 Å². The molecule has 0 amide bonds. The summed E-state index contributed by atoms with van der Waals surface area (Å²) in [5.41, 5.74) is 1.47. The van der Waals surface area contributed by atoms with Gasteiger partial charge in [-0.2, -0.15) is 0 Å². The number of nitrogens with zero attached hydrogens (tertiary/aromatic N) is 1. The zero-order chi connectivity index (χ0) is 14.4. The highest BCUT2D eigenvalue weighted by molar-refractivity contribution is 5.70. The SMILES string of the molecule is CC(CC(=O)OCc1ccccc1)c1ncccc1O. The molecular weight excluding hydrogens is 254 g/mol. The van der Waals surface area contributed by atoms with Crippen molar-refractivity contribution in [3.63, 3.8) is 0 Å². The first-order chi connectivity index (χ1) is 9.66. The van der Waals surface area contributed by atoms with Crippen LogP contribution in [0.25, 0.3) is 0 Å². The Balaban J connectivity index is 1.87. The number of carbonyl (C=O) groups excluding carboxylic acids is 1. The second kappa shape index (κ2) is 6.70. The summed E-state index contributed by atoms with van der Waals surface area (Å²) in [6.45, 7) is 2.10. The summed E-state index contributed by atoms with van der Waals surface area (Å²) in [4.78, 5) is 15.9. The lowest BCUT2D eigenvalue weighted by atomic mass is 10.0. The van der Waals surface area contributed by atoms with E-state index in [0.717, 1.165) is 5.56 Å². The van der Waals surface area contributed by atoms with Gasteiger partial charge in [0, 0.05) is 12.1 Å². The van der Waals surface area contributed by atoms with Gasteiger partial charge >= 0.3 is 5.97 Å². The van der Waals surface area contributed by atoms with Crippen LogP contribution in [0, 0.1) is 0 Å². The van der Waals surface area contributed by atoms with Gasteiger partial charge in [0.15, 0.2) is 0 Å². The highest BCUT2D eigenvalue weighted by atomic mass is 16.5. The summed E-state index contributed by atoms with van der Waals surface area (Å²) in [6, 6.07) is 12.7. The number of aromatic nitrogens is 1. The molecule has 1 aromatic carbocycles. The molecule has 104 valence electrons. The fourth-order valence-corrected chi connectivity index (χ4v) is 1.93. The first-order valence-electron chi connectivity index (χ1n) is 6.50. The predicted molar refractivity (Wildman–Crippen MR) is 75.2 cm³/mol. The van der Waals surface area contributed by atoms with E-state index >= 15 is 0 Å². The molecule has 0 radical (unpaired) electrons. The van der Waals surface area contributed by atoms with E-state index in [1.807, 2.05) is 37.3 Å². The monoisotopic (exact) mass is 271 g/mol. The van der Waals surface area contributed by atoms with Gasteiger partial charge < -0.3 is 9.84 Å². The number of pyridine rings is 1. The molecule has 0 bridgehead atoms. The lowest BCUT2D eigenvalue weighted by molar-refractivity contribution is -0.145. The molecule has 0 aliphatic heterocycles. The first-order valence-corrected chi connectivity index (χ1v) is 6.50. The Labute approximate surface area is 118 Å². The van der Waals surface area contributed by atoms with Crippen molar-refractivity contribution in [3.8, 4) is 5.75 Å². The van der Waals surface area contributed by atoms with E-state index in [9.17, 15) is 9.90 Å². The molecule has 2 rings (SSSR count). The number of benzene rings is 1. The van der Waals surface area contributed by atoms with Crippen LogP contribution < -0.4 is 0 Å². The third-order valence-corrected chi connectivity index (χ3v) is 3.00. The van der Waals surface area contributed by atoms with E-state index in [1.54, 1.807) is 18.3 Å². The number of hydrogen-bond acceptors (Lipinski definition) is 4. The van der Waals surface area contributed by atoms with Crippen LogP contribution in [-0.4, -0.2) is 16.1 Å². The maximum absolute atomic E-state index is 11.8. The van der Waals surface area contributed by atoms with Crippen LogP contribution in [0.15, 0.2) is 48.7 Å². The van der Waals surface area contributed by atoms with E-state index in [-0.39, 0.29) is 30.7 Å². The van der Waals surface area contributed by atoms with Crippen molar-refractivity contribution in [3.05, 3.63) is 59.9 Å². The van der Waals surface area contributed by atoms with E-state index in [4.69, 9.17) is 4.74 Å². The van der Waals surface area contributed by atoms with Gasteiger partial charge in [-0.05, 0) is 17.7 Å². The molecule has 4 heteroatoms. The van der Waals surface area contributed by atoms with Crippen molar-refractivity contribution < 1.29 is 14.6 Å². The standard InChI is InChI=1S/C16H17NO3/c1-12(16-14(18)8-5-9-17-16)10-15(19)20-11-13-6-3-2-4-7-13/h2-9,12,18H,10-11H2,1H3. The molecule has 0 fully saturated rings. The van der Waals surface area contributed by atoms with Crippen LogP contribution in [0.1, 0.15) is 30.5 Å². The molecule has 2 aromatic rings. The van der Waals surface area contributed by atoms with Crippen molar-refractivity contribution in [2.75, 3.05) is 0 Å². The molecule has 0 saturated carbocycles. The topological polar surface area (TPSA) is 59.4 Å². The molecule has 1 unspecified atom stereocenters. The third kappa shape index (κ3) is 3.82. The van der Waals surface area contributed by atoms with Gasteiger partial charge in [-0.15, -0.1) is 0 Å². The Morgan fingerprint density at radius 1 is 1.25 bits per heavy atom. The van der Waals surface area contributed by atoms with Gasteiger partial charge in [-0.3, -0.25) is 9.78 Å². The average Bonchev–Trinajstić information content (AvgIpc) is 2.46. The van der Waals surface area contributed by atoms with Gasteiger partial charge in [0.25, 0.3) is 0 Å². The maximum atomic E-state index is 11.8. The minimum atomic E-state index is -0.300. The molecule has 1 atom stereocenters. The summed E-state index contributed by atoms with van der Waals surface area (Å²) in [5, 5.41) is 9.69. The van der Waals surface area contributed by atoms with E-state index in [1.165, 1.54) is 0 Å². The summed E-state index contributed by atoms with van der Waals surface area (Å²) in [5.74, 6) is -0.373. The van der Waals surface area contributed by atoms with Gasteiger partial charge in [-0.1, -0.05) is 37.3 Å². The van der Waals surface area contributed by atoms with Crippen molar-refractivity contribution in [1.29, 1.82) is 0 Å². The summed E-state index contributed by atoms with van der Waals surface area (Å²) < 4.78 is 5.21. The van der Waals surface area contributed by atoms with Crippen LogP contribution in [-0.2, 0) is 16.1 Å². The van der Waals surface area contributed by atoms with Crippen LogP contribution in [0.2, 0.25) is 0 Å². The third-order valence-electron chi connectivity index (χ3n) is 3.00. The molecular formula is C16H17NO3. The molecule has 4 nitrogen and oxygen atoms in total. The predicted octanol–water partition coefficient (Wildman–Crippen LogP) is 3.02. The fraction of sp³-hybridized carbons (Fsp3) is 0.250. The second-order valence-electron chi connectivity index (χ2n) is 4.66. The maximum Gasteiger partial charge on any atom is 0.306 e. The molecule has 1 N–H and O–H groups in total. The molecule has 20 heavy (non-hydrogen) atoms. The highest BCUT2D eigenvalue weighted by Crippen LogP contribution is 2.25. The van der Waals surface area contributed by atoms with E-state index in [2.05, 4.69) is 4.98 Å². The fourth-order valence-electron chi connectivity index (χ4n) is 1.93. The van der Waals surface area contributed by atoms with Crippen LogP contribution >= 0.6 is 0 Å². The number of rotatable bonds is 5. The van der Waals surface area contributed by atoms with Crippen LogP contribution in [0.3, 0.4) is 0 Å². The van der Waals surface area contributed by atoms with Gasteiger partial charge in [0.05, 0.1) is 12.1 Å². The lowest BCUT2D eigenvalue weighted by Crippen LogP contribution is -2.09. The number of aromatic hydroxyl groups is 1. The molecule has 0 aliphatic carbocycles. The van der Waals surface area contributed by atoms with E-state index in [0.29, 0.717) is 5.69 Å². The van der Waals surface area contributed by atoms with Gasteiger partial charge in [0.1, 0.15) is 12.4 Å². The summed E-state index contributed by atoms with van der Waals surface area (Å²) in [6.07, 6.45) is 1.79. The number of ether oxygens (including phenoxy) is 1. The average molecular weight is 271 g/mol.